The van der Waals surface area contributed by atoms with Gasteiger partial charge in [0, 0.05) is 24.2 Å². The van der Waals surface area contributed by atoms with Crippen LogP contribution < -0.4 is 5.32 Å². The molecule has 2 aliphatic heterocycles. The van der Waals surface area contributed by atoms with Gasteiger partial charge in [-0.05, 0) is 51.8 Å². The number of piperidine rings is 1. The average Bonchev–Trinajstić information content (AvgIpc) is 3.06. The second-order valence-electron chi connectivity index (χ2n) is 7.23. The predicted molar refractivity (Wildman–Crippen MR) is 91.1 cm³/mol. The number of nitrogens with zero attached hydrogens (tertiary/aromatic N) is 4. The quantitative estimate of drug-likeness (QED) is 0.911. The zero-order chi connectivity index (χ0) is 18.4. The molecule has 1 aromatic heterocycles. The second kappa shape index (κ2) is 6.42. The van der Waals surface area contributed by atoms with Crippen molar-refractivity contribution in [3.05, 3.63) is 41.2 Å². The number of carbonyl (C=O) groups is 1. The van der Waals surface area contributed by atoms with E-state index in [1.54, 1.807) is 6.92 Å². The van der Waals surface area contributed by atoms with Gasteiger partial charge in [0.2, 0.25) is 0 Å². The number of nitrogens with one attached hydrogen (secondary N) is 1. The van der Waals surface area contributed by atoms with Gasteiger partial charge in [0.1, 0.15) is 0 Å². The van der Waals surface area contributed by atoms with Crippen molar-refractivity contribution in [2.45, 2.75) is 50.7 Å². The summed E-state index contributed by atoms with van der Waals surface area (Å²) < 4.78 is 27.9. The van der Waals surface area contributed by atoms with E-state index >= 15 is 0 Å². The normalized spacial score (nSPS) is 25.5. The van der Waals surface area contributed by atoms with Crippen LogP contribution in [0.5, 0.6) is 0 Å². The Kier molecular flexibility index (Phi) is 4.22. The summed E-state index contributed by atoms with van der Waals surface area (Å²) in [5.41, 5.74) is 1.02. The Morgan fingerprint density at radius 2 is 1.88 bits per heavy atom. The number of halogens is 2. The first kappa shape index (κ1) is 17.1. The van der Waals surface area contributed by atoms with Gasteiger partial charge in [0.05, 0.1) is 11.4 Å². The monoisotopic (exact) mass is 361 g/mol. The van der Waals surface area contributed by atoms with Crippen LogP contribution in [0.4, 0.5) is 8.78 Å². The van der Waals surface area contributed by atoms with Gasteiger partial charge in [0.25, 0.3) is 5.91 Å². The van der Waals surface area contributed by atoms with E-state index in [1.165, 1.54) is 23.6 Å². The summed E-state index contributed by atoms with van der Waals surface area (Å²) in [6.45, 7) is 1.69. The van der Waals surface area contributed by atoms with Crippen LogP contribution in [0.1, 0.15) is 41.9 Å². The Morgan fingerprint density at radius 3 is 2.54 bits per heavy atom. The highest BCUT2D eigenvalue weighted by Gasteiger charge is 2.39. The van der Waals surface area contributed by atoms with Crippen molar-refractivity contribution in [1.29, 1.82) is 0 Å². The maximum Gasteiger partial charge on any atom is 0.273 e. The molecule has 2 atom stereocenters. The zero-order valence-electron chi connectivity index (χ0n) is 14.7. The van der Waals surface area contributed by atoms with Gasteiger partial charge in [-0.15, -0.1) is 5.10 Å². The summed E-state index contributed by atoms with van der Waals surface area (Å²) in [5.74, 6) is -2.17. The number of amides is 1. The van der Waals surface area contributed by atoms with Crippen molar-refractivity contribution in [2.75, 3.05) is 7.05 Å². The molecule has 0 aliphatic carbocycles. The van der Waals surface area contributed by atoms with E-state index in [0.717, 1.165) is 25.0 Å². The molecule has 1 N–H and O–H groups in total. The van der Waals surface area contributed by atoms with Gasteiger partial charge in [-0.2, -0.15) is 0 Å². The van der Waals surface area contributed by atoms with Crippen LogP contribution in [-0.4, -0.2) is 51.0 Å². The van der Waals surface area contributed by atoms with Crippen LogP contribution in [0, 0.1) is 18.6 Å². The molecule has 4 rings (SSSR count). The molecule has 2 fully saturated rings. The van der Waals surface area contributed by atoms with Crippen molar-refractivity contribution in [3.8, 4) is 5.69 Å². The Balaban J connectivity index is 1.51. The fraction of sp³-hybridized carbons (Fsp3) is 0.500. The fourth-order valence-electron chi connectivity index (χ4n) is 4.18. The second-order valence-corrected chi connectivity index (χ2v) is 7.23. The summed E-state index contributed by atoms with van der Waals surface area (Å²) in [6, 6.07) is 4.64. The largest absolute Gasteiger partial charge is 0.348 e. The third-order valence-electron chi connectivity index (χ3n) is 5.69. The summed E-state index contributed by atoms with van der Waals surface area (Å²) in [4.78, 5) is 15.1. The number of carbonyl (C=O) groups excluding carboxylic acids is 1. The summed E-state index contributed by atoms with van der Waals surface area (Å²) in [6.07, 6.45) is 4.24. The molecule has 1 amide bonds. The number of hydrogen-bond donors (Lipinski definition) is 1. The number of aromatic nitrogens is 3. The smallest absolute Gasteiger partial charge is 0.273 e. The molecule has 2 saturated heterocycles. The minimum absolute atomic E-state index is 0.129. The van der Waals surface area contributed by atoms with Crippen molar-refractivity contribution >= 4 is 5.91 Å². The molecule has 1 aromatic carbocycles. The lowest BCUT2D eigenvalue weighted by Gasteiger charge is -2.36. The third kappa shape index (κ3) is 2.88. The van der Waals surface area contributed by atoms with Crippen LogP contribution in [0.25, 0.3) is 5.69 Å². The van der Waals surface area contributed by atoms with E-state index in [1.807, 2.05) is 0 Å². The molecule has 0 saturated carbocycles. The van der Waals surface area contributed by atoms with Gasteiger partial charge < -0.3 is 10.2 Å². The standard InChI is InChI=1S/C18H21F2N5O/c1-10-17(22-23-25(10)14-5-6-15(19)16(20)9-14)18(26)21-11-7-12-3-4-13(8-11)24(12)2/h5-6,9,11-13H,3-4,7-8H2,1-2H3,(H,21,26). The van der Waals surface area contributed by atoms with Crippen molar-refractivity contribution in [1.82, 2.24) is 25.2 Å². The van der Waals surface area contributed by atoms with Gasteiger partial charge in [-0.3, -0.25) is 4.79 Å². The van der Waals surface area contributed by atoms with E-state index in [0.29, 0.717) is 23.5 Å². The van der Waals surface area contributed by atoms with E-state index in [4.69, 9.17) is 0 Å². The number of hydrogen-bond acceptors (Lipinski definition) is 4. The molecule has 2 aromatic rings. The summed E-state index contributed by atoms with van der Waals surface area (Å²) >= 11 is 0. The first-order valence-corrected chi connectivity index (χ1v) is 8.84. The van der Waals surface area contributed by atoms with Gasteiger partial charge in [0.15, 0.2) is 17.3 Å². The van der Waals surface area contributed by atoms with Crippen LogP contribution >= 0.6 is 0 Å². The molecule has 2 unspecified atom stereocenters. The summed E-state index contributed by atoms with van der Waals surface area (Å²) in [7, 11) is 2.15. The molecule has 0 spiro atoms. The van der Waals surface area contributed by atoms with E-state index < -0.39 is 11.6 Å². The van der Waals surface area contributed by atoms with Crippen LogP contribution in [0.15, 0.2) is 18.2 Å². The van der Waals surface area contributed by atoms with Gasteiger partial charge >= 0.3 is 0 Å². The Labute approximate surface area is 150 Å². The third-order valence-corrected chi connectivity index (χ3v) is 5.69. The average molecular weight is 361 g/mol. The van der Waals surface area contributed by atoms with Gasteiger partial charge in [-0.25, -0.2) is 13.5 Å². The van der Waals surface area contributed by atoms with Crippen LogP contribution in [0.2, 0.25) is 0 Å². The molecule has 6 nitrogen and oxygen atoms in total. The Hall–Kier alpha value is -2.35. The SMILES string of the molecule is Cc1c(C(=O)NC2CC3CCC(C2)N3C)nnn1-c1ccc(F)c(F)c1. The molecule has 0 radical (unpaired) electrons. The topological polar surface area (TPSA) is 63.1 Å². The molecular formula is C18H21F2N5O. The maximum absolute atomic E-state index is 13.5. The maximum atomic E-state index is 13.5. The highest BCUT2D eigenvalue weighted by atomic mass is 19.2. The highest BCUT2D eigenvalue weighted by molar-refractivity contribution is 5.93. The molecule has 2 bridgehead atoms. The number of fused-ring (bicyclic) bond motifs is 2. The zero-order valence-corrected chi connectivity index (χ0v) is 14.7. The first-order valence-electron chi connectivity index (χ1n) is 8.84. The van der Waals surface area contributed by atoms with Crippen LogP contribution in [0.3, 0.4) is 0 Å². The lowest BCUT2D eigenvalue weighted by atomic mass is 9.98. The Bertz CT molecular complexity index is 838. The minimum atomic E-state index is -0.967. The fourth-order valence-corrected chi connectivity index (χ4v) is 4.18. The number of rotatable bonds is 3. The lowest BCUT2D eigenvalue weighted by molar-refractivity contribution is 0.0877. The van der Waals surface area contributed by atoms with Gasteiger partial charge in [-0.1, -0.05) is 5.21 Å². The summed E-state index contributed by atoms with van der Waals surface area (Å²) in [5, 5.41) is 11.0. The van der Waals surface area contributed by atoms with E-state index in [9.17, 15) is 13.6 Å². The van der Waals surface area contributed by atoms with E-state index in [2.05, 4.69) is 27.6 Å². The molecule has 3 heterocycles. The predicted octanol–water partition coefficient (Wildman–Crippen LogP) is 2.21. The van der Waals surface area contributed by atoms with Crippen molar-refractivity contribution in [2.24, 2.45) is 0 Å². The highest BCUT2D eigenvalue weighted by Crippen LogP contribution is 2.34. The van der Waals surface area contributed by atoms with E-state index in [-0.39, 0.29) is 17.6 Å². The van der Waals surface area contributed by atoms with Crippen molar-refractivity contribution < 1.29 is 13.6 Å². The Morgan fingerprint density at radius 1 is 1.19 bits per heavy atom. The first-order chi connectivity index (χ1) is 12.4. The molecule has 8 heteroatoms. The molecule has 138 valence electrons. The van der Waals surface area contributed by atoms with Crippen molar-refractivity contribution in [3.63, 3.8) is 0 Å². The number of benzene rings is 1. The molecule has 2 aliphatic rings. The lowest BCUT2D eigenvalue weighted by Crippen LogP contribution is -2.48. The minimum Gasteiger partial charge on any atom is -0.348 e. The van der Waals surface area contributed by atoms with Crippen LogP contribution in [-0.2, 0) is 0 Å². The molecule has 26 heavy (non-hydrogen) atoms. The molecular weight excluding hydrogens is 340 g/mol.